The van der Waals surface area contributed by atoms with Gasteiger partial charge in [-0.2, -0.15) is 0 Å². The molecule has 0 atom stereocenters. The summed E-state index contributed by atoms with van der Waals surface area (Å²) in [6.07, 6.45) is 5.34. The molecule has 2 rings (SSSR count). The first-order chi connectivity index (χ1) is 8.85. The third-order valence-corrected chi connectivity index (χ3v) is 3.95. The molecule has 100 valence electrons. The smallest absolute Gasteiger partial charge is 0.123 e. The number of hydrogen-bond acceptors (Lipinski definition) is 2. The van der Waals surface area contributed by atoms with Crippen LogP contribution in [0.25, 0.3) is 0 Å². The van der Waals surface area contributed by atoms with E-state index in [0.29, 0.717) is 11.9 Å². The van der Waals surface area contributed by atoms with Crippen LogP contribution in [0.5, 0.6) is 5.75 Å². The minimum absolute atomic E-state index is 0.700. The molecule has 0 heterocycles. The van der Waals surface area contributed by atoms with Gasteiger partial charge in [0.1, 0.15) is 5.75 Å². The van der Waals surface area contributed by atoms with Crippen LogP contribution in [-0.4, -0.2) is 30.5 Å². The fourth-order valence-electron chi connectivity index (χ4n) is 2.82. The van der Waals surface area contributed by atoms with Gasteiger partial charge in [0.2, 0.25) is 0 Å². The number of halogens is 1. The Morgan fingerprint density at radius 1 is 1.28 bits per heavy atom. The maximum atomic E-state index is 5.94. The van der Waals surface area contributed by atoms with Gasteiger partial charge in [-0.05, 0) is 18.9 Å². The van der Waals surface area contributed by atoms with Gasteiger partial charge in [0.15, 0.2) is 0 Å². The minimum Gasteiger partial charge on any atom is -0.496 e. The number of para-hydroxylation sites is 1. The summed E-state index contributed by atoms with van der Waals surface area (Å²) in [4.78, 5) is 2.51. The molecular weight excluding hydrogens is 246 g/mol. The Morgan fingerprint density at radius 2 is 2.00 bits per heavy atom. The molecule has 0 spiro atoms. The maximum absolute atomic E-state index is 5.94. The summed E-state index contributed by atoms with van der Waals surface area (Å²) in [5.41, 5.74) is 1.26. The van der Waals surface area contributed by atoms with Gasteiger partial charge in [0.05, 0.1) is 7.11 Å². The summed E-state index contributed by atoms with van der Waals surface area (Å²) in [5, 5.41) is 0. The van der Waals surface area contributed by atoms with Crippen molar-refractivity contribution < 1.29 is 4.74 Å². The van der Waals surface area contributed by atoms with Crippen LogP contribution in [0.15, 0.2) is 24.3 Å². The summed E-state index contributed by atoms with van der Waals surface area (Å²) in [6.45, 7) is 1.91. The second-order valence-corrected chi connectivity index (χ2v) is 5.29. The number of alkyl halides is 1. The molecule has 1 fully saturated rings. The van der Waals surface area contributed by atoms with E-state index >= 15 is 0 Å². The lowest BCUT2D eigenvalue weighted by Gasteiger charge is -2.28. The SMILES string of the molecule is COc1ccccc1CN(CCCl)C1CCCC1. The van der Waals surface area contributed by atoms with Crippen LogP contribution in [0.1, 0.15) is 31.2 Å². The van der Waals surface area contributed by atoms with Crippen LogP contribution in [0.4, 0.5) is 0 Å². The van der Waals surface area contributed by atoms with Crippen molar-refractivity contribution in [2.45, 2.75) is 38.3 Å². The third kappa shape index (κ3) is 3.39. The second-order valence-electron chi connectivity index (χ2n) is 4.91. The molecule has 0 aromatic heterocycles. The fourth-order valence-corrected chi connectivity index (χ4v) is 3.04. The molecule has 1 aromatic rings. The van der Waals surface area contributed by atoms with E-state index in [2.05, 4.69) is 17.0 Å². The summed E-state index contributed by atoms with van der Waals surface area (Å²) in [5.74, 6) is 1.68. The second kappa shape index (κ2) is 7.01. The first kappa shape index (κ1) is 13.7. The summed E-state index contributed by atoms with van der Waals surface area (Å²) in [6, 6.07) is 8.97. The van der Waals surface area contributed by atoms with E-state index in [4.69, 9.17) is 16.3 Å². The zero-order chi connectivity index (χ0) is 12.8. The van der Waals surface area contributed by atoms with Gasteiger partial charge < -0.3 is 4.74 Å². The molecule has 2 nitrogen and oxygen atoms in total. The molecule has 1 saturated carbocycles. The highest BCUT2D eigenvalue weighted by molar-refractivity contribution is 6.18. The van der Waals surface area contributed by atoms with Crippen LogP contribution in [0.2, 0.25) is 0 Å². The number of rotatable bonds is 6. The van der Waals surface area contributed by atoms with Crippen molar-refractivity contribution >= 4 is 11.6 Å². The lowest BCUT2D eigenvalue weighted by Crippen LogP contribution is -2.34. The number of hydrogen-bond donors (Lipinski definition) is 0. The number of methoxy groups -OCH3 is 1. The molecule has 0 radical (unpaired) electrons. The van der Waals surface area contributed by atoms with Crippen molar-refractivity contribution in [3.8, 4) is 5.75 Å². The molecule has 1 aliphatic carbocycles. The number of ether oxygens (including phenoxy) is 1. The van der Waals surface area contributed by atoms with E-state index in [1.807, 2.05) is 12.1 Å². The zero-order valence-corrected chi connectivity index (χ0v) is 11.8. The van der Waals surface area contributed by atoms with Gasteiger partial charge in [0, 0.05) is 30.6 Å². The first-order valence-electron chi connectivity index (χ1n) is 6.77. The zero-order valence-electron chi connectivity index (χ0n) is 11.1. The van der Waals surface area contributed by atoms with Gasteiger partial charge in [-0.3, -0.25) is 4.90 Å². The average Bonchev–Trinajstić information content (AvgIpc) is 2.92. The Bertz CT molecular complexity index is 363. The Morgan fingerprint density at radius 3 is 2.67 bits per heavy atom. The lowest BCUT2D eigenvalue weighted by molar-refractivity contribution is 0.199. The van der Waals surface area contributed by atoms with E-state index < -0.39 is 0 Å². The van der Waals surface area contributed by atoms with E-state index in [1.165, 1.54) is 31.2 Å². The standard InChI is InChI=1S/C15H22ClNO/c1-18-15-9-5-2-6-13(15)12-17(11-10-16)14-7-3-4-8-14/h2,5-6,9,14H,3-4,7-8,10-12H2,1H3. The van der Waals surface area contributed by atoms with Gasteiger partial charge in [-0.1, -0.05) is 31.0 Å². The minimum atomic E-state index is 0.700. The van der Waals surface area contributed by atoms with Crippen LogP contribution < -0.4 is 4.74 Å². The Labute approximate surface area is 115 Å². The molecule has 0 amide bonds. The number of nitrogens with zero attached hydrogens (tertiary/aromatic N) is 1. The highest BCUT2D eigenvalue weighted by Crippen LogP contribution is 2.27. The van der Waals surface area contributed by atoms with E-state index in [1.54, 1.807) is 7.11 Å². The average molecular weight is 268 g/mol. The van der Waals surface area contributed by atoms with Crippen molar-refractivity contribution in [1.82, 2.24) is 4.90 Å². The van der Waals surface area contributed by atoms with Crippen molar-refractivity contribution in [1.29, 1.82) is 0 Å². The molecule has 0 N–H and O–H groups in total. The van der Waals surface area contributed by atoms with Crippen molar-refractivity contribution in [3.05, 3.63) is 29.8 Å². The van der Waals surface area contributed by atoms with Gasteiger partial charge >= 0.3 is 0 Å². The quantitative estimate of drug-likeness (QED) is 0.729. The first-order valence-corrected chi connectivity index (χ1v) is 7.30. The summed E-state index contributed by atoms with van der Waals surface area (Å²) in [7, 11) is 1.74. The van der Waals surface area contributed by atoms with Gasteiger partial charge in [-0.25, -0.2) is 0 Å². The van der Waals surface area contributed by atoms with Gasteiger partial charge in [0.25, 0.3) is 0 Å². The lowest BCUT2D eigenvalue weighted by atomic mass is 10.1. The van der Waals surface area contributed by atoms with Crippen molar-refractivity contribution in [2.24, 2.45) is 0 Å². The highest BCUT2D eigenvalue weighted by atomic mass is 35.5. The summed E-state index contributed by atoms with van der Waals surface area (Å²) >= 11 is 5.94. The van der Waals surface area contributed by atoms with Crippen LogP contribution in [0, 0.1) is 0 Å². The molecule has 0 aliphatic heterocycles. The van der Waals surface area contributed by atoms with E-state index in [-0.39, 0.29) is 0 Å². The Balaban J connectivity index is 2.07. The Hall–Kier alpha value is -0.730. The third-order valence-electron chi connectivity index (χ3n) is 3.78. The predicted molar refractivity (Wildman–Crippen MR) is 76.4 cm³/mol. The molecular formula is C15H22ClNO. The normalized spacial score (nSPS) is 16.4. The molecule has 18 heavy (non-hydrogen) atoms. The van der Waals surface area contributed by atoms with Crippen LogP contribution >= 0.6 is 11.6 Å². The topological polar surface area (TPSA) is 12.5 Å². The monoisotopic (exact) mass is 267 g/mol. The van der Waals surface area contributed by atoms with Crippen molar-refractivity contribution in [2.75, 3.05) is 19.5 Å². The molecule has 3 heteroatoms. The van der Waals surface area contributed by atoms with Crippen molar-refractivity contribution in [3.63, 3.8) is 0 Å². The maximum Gasteiger partial charge on any atom is 0.123 e. The molecule has 0 saturated heterocycles. The largest absolute Gasteiger partial charge is 0.496 e. The number of benzene rings is 1. The van der Waals surface area contributed by atoms with Crippen LogP contribution in [-0.2, 0) is 6.54 Å². The van der Waals surface area contributed by atoms with Crippen LogP contribution in [0.3, 0.4) is 0 Å². The van der Waals surface area contributed by atoms with E-state index in [0.717, 1.165) is 18.8 Å². The van der Waals surface area contributed by atoms with Gasteiger partial charge in [-0.15, -0.1) is 11.6 Å². The predicted octanol–water partition coefficient (Wildman–Crippen LogP) is 3.68. The highest BCUT2D eigenvalue weighted by Gasteiger charge is 2.22. The molecule has 1 aliphatic rings. The molecule has 0 unspecified atom stereocenters. The fraction of sp³-hybridized carbons (Fsp3) is 0.600. The van der Waals surface area contributed by atoms with E-state index in [9.17, 15) is 0 Å². The molecule has 1 aromatic carbocycles. The molecule has 0 bridgehead atoms. The summed E-state index contributed by atoms with van der Waals surface area (Å²) < 4.78 is 5.43. The Kier molecular flexibility index (Phi) is 5.33.